The second kappa shape index (κ2) is 12.2. The number of nitrogens with two attached hydrogens (primary N) is 1. The summed E-state index contributed by atoms with van der Waals surface area (Å²) >= 11 is 0.950. The number of alkyl halides is 3. The zero-order chi connectivity index (χ0) is 26.2. The molecule has 2 aromatic rings. The van der Waals surface area contributed by atoms with Crippen molar-refractivity contribution in [3.8, 4) is 0 Å². The fourth-order valence-electron chi connectivity index (χ4n) is 2.77. The summed E-state index contributed by atoms with van der Waals surface area (Å²) in [4.78, 5) is 24.9. The van der Waals surface area contributed by atoms with Crippen LogP contribution in [-0.2, 0) is 10.9 Å². The minimum absolute atomic E-state index is 0.0452. The summed E-state index contributed by atoms with van der Waals surface area (Å²) < 4.78 is 43.2. The average Bonchev–Trinajstić information content (AvgIpc) is 3.32. The first-order valence-corrected chi connectivity index (χ1v) is 11.0. The van der Waals surface area contributed by atoms with Crippen LogP contribution in [0.5, 0.6) is 0 Å². The number of rotatable bonds is 10. The van der Waals surface area contributed by atoms with Crippen LogP contribution in [0, 0.1) is 5.41 Å². The van der Waals surface area contributed by atoms with Crippen molar-refractivity contribution in [3.05, 3.63) is 63.0 Å². The number of quaternary nitrogens is 1. The molecule has 0 unspecified atom stereocenters. The zero-order valence-electron chi connectivity index (χ0n) is 19.1. The number of aliphatic hydroxyl groups is 1. The number of ether oxygens (including phenoxy) is 1. The van der Waals surface area contributed by atoms with Crippen molar-refractivity contribution < 1.29 is 37.9 Å². The summed E-state index contributed by atoms with van der Waals surface area (Å²) in [6.45, 7) is 2.05. The van der Waals surface area contributed by atoms with Crippen LogP contribution in [0.1, 0.15) is 37.4 Å². The lowest BCUT2D eigenvalue weighted by atomic mass is 10.1. The minimum Gasteiger partial charge on any atom is -0.501 e. The molecule has 2 amide bonds. The first-order chi connectivity index (χ1) is 16.5. The van der Waals surface area contributed by atoms with Crippen LogP contribution in [0.3, 0.4) is 0 Å². The van der Waals surface area contributed by atoms with E-state index in [1.807, 2.05) is 0 Å². The predicted molar refractivity (Wildman–Crippen MR) is 126 cm³/mol. The third-order valence-corrected chi connectivity index (χ3v) is 5.72. The van der Waals surface area contributed by atoms with Crippen LogP contribution >= 0.6 is 11.3 Å². The summed E-state index contributed by atoms with van der Waals surface area (Å²) in [5, 5.41) is 26.6. The smallest absolute Gasteiger partial charge is 0.416 e. The van der Waals surface area contributed by atoms with Gasteiger partial charge in [-0.2, -0.15) is 18.3 Å². The molecule has 6 N–H and O–H groups in total. The van der Waals surface area contributed by atoms with Gasteiger partial charge >= 0.3 is 6.18 Å². The molecule has 9 nitrogen and oxygen atoms in total. The first kappa shape index (κ1) is 27.7. The molecule has 1 heterocycles. The van der Waals surface area contributed by atoms with Crippen molar-refractivity contribution in [1.82, 2.24) is 10.7 Å². The van der Waals surface area contributed by atoms with Gasteiger partial charge in [0.1, 0.15) is 5.71 Å². The highest BCUT2D eigenvalue weighted by atomic mass is 32.1. The first-order valence-electron chi connectivity index (χ1n) is 10.2. The number of hydrogen-bond donors (Lipinski definition) is 5. The molecule has 0 saturated heterocycles. The molecule has 0 atom stereocenters. The number of thiophene rings is 1. The van der Waals surface area contributed by atoms with Gasteiger partial charge in [0.15, 0.2) is 5.70 Å². The molecule has 2 rings (SSSR count). The maximum Gasteiger partial charge on any atom is 0.416 e. The predicted octanol–water partition coefficient (Wildman–Crippen LogP) is 2.39. The molecule has 0 fully saturated rings. The van der Waals surface area contributed by atoms with Crippen LogP contribution in [0.25, 0.3) is 5.70 Å². The van der Waals surface area contributed by atoms with Crippen molar-refractivity contribution in [1.29, 1.82) is 5.41 Å². The van der Waals surface area contributed by atoms with E-state index in [2.05, 4.69) is 15.8 Å². The van der Waals surface area contributed by atoms with Gasteiger partial charge in [-0.05, 0) is 43.3 Å². The molecule has 0 aliphatic rings. The molecule has 0 aliphatic carbocycles. The van der Waals surface area contributed by atoms with E-state index in [4.69, 9.17) is 10.1 Å². The van der Waals surface area contributed by atoms with Crippen molar-refractivity contribution in [3.63, 3.8) is 0 Å². The van der Waals surface area contributed by atoms with Gasteiger partial charge in [0, 0.05) is 19.2 Å². The topological polar surface area (TPSA) is 140 Å². The third-order valence-electron chi connectivity index (χ3n) is 4.64. The van der Waals surface area contributed by atoms with Crippen LogP contribution in [0.2, 0.25) is 0 Å². The van der Waals surface area contributed by atoms with Crippen molar-refractivity contribution in [2.75, 3.05) is 27.3 Å². The maximum atomic E-state index is 12.8. The van der Waals surface area contributed by atoms with Gasteiger partial charge < -0.3 is 20.5 Å². The van der Waals surface area contributed by atoms with E-state index in [0.717, 1.165) is 23.5 Å². The number of nitrogens with one attached hydrogen (secondary N) is 3. The number of benzene rings is 1. The Bertz CT molecular complexity index is 1140. The lowest BCUT2D eigenvalue weighted by Gasteiger charge is -2.10. The molecule has 0 aliphatic heterocycles. The molecule has 35 heavy (non-hydrogen) atoms. The Morgan fingerprint density at radius 1 is 1.14 bits per heavy atom. The highest BCUT2D eigenvalue weighted by Gasteiger charge is 2.30. The highest BCUT2D eigenvalue weighted by Crippen LogP contribution is 2.29. The molecular formula is C22H25F3N5O4S+. The number of carbonyl (C=O) groups excluding carboxylic acids is 2. The molecule has 188 valence electrons. The Morgan fingerprint density at radius 3 is 2.29 bits per heavy atom. The van der Waals surface area contributed by atoms with E-state index in [1.54, 1.807) is 7.05 Å². The molecule has 0 radical (unpaired) electrons. The van der Waals surface area contributed by atoms with E-state index >= 15 is 0 Å². The largest absolute Gasteiger partial charge is 0.501 e. The molecular weight excluding hydrogens is 487 g/mol. The van der Waals surface area contributed by atoms with Gasteiger partial charge in [0.25, 0.3) is 11.8 Å². The number of allylic oxidation sites excluding steroid dienone is 1. The Labute approximate surface area is 203 Å². The average molecular weight is 513 g/mol. The summed E-state index contributed by atoms with van der Waals surface area (Å²) in [7, 11) is 3.07. The number of carbonyl (C=O) groups is 2. The van der Waals surface area contributed by atoms with Crippen molar-refractivity contribution in [2.24, 2.45) is 5.10 Å². The van der Waals surface area contributed by atoms with E-state index in [0.29, 0.717) is 18.0 Å². The van der Waals surface area contributed by atoms with E-state index < -0.39 is 29.1 Å². The van der Waals surface area contributed by atoms with Gasteiger partial charge in [-0.25, -0.2) is 5.43 Å². The van der Waals surface area contributed by atoms with E-state index in [1.165, 1.54) is 43.6 Å². The fourth-order valence-corrected chi connectivity index (χ4v) is 3.58. The molecule has 1 aromatic carbocycles. The summed E-state index contributed by atoms with van der Waals surface area (Å²) in [5.74, 6) is -1.49. The van der Waals surface area contributed by atoms with Gasteiger partial charge in [-0.15, -0.1) is 11.3 Å². The number of hydrazone groups is 1. The molecule has 0 saturated carbocycles. The second-order valence-electron chi connectivity index (χ2n) is 7.05. The fraction of sp³-hybridized carbons (Fsp3) is 0.273. The maximum absolute atomic E-state index is 12.8. The summed E-state index contributed by atoms with van der Waals surface area (Å²) in [6, 6.07) is 7.08. The van der Waals surface area contributed by atoms with Gasteiger partial charge in [-0.1, -0.05) is 0 Å². The van der Waals surface area contributed by atoms with Crippen LogP contribution in [-0.4, -0.2) is 55.7 Å². The number of aliphatic hydroxyl groups excluding tert-OH is 1. The summed E-state index contributed by atoms with van der Waals surface area (Å²) in [5.41, 5.74) is 1.35. The van der Waals surface area contributed by atoms with Crippen LogP contribution < -0.4 is 16.1 Å². The molecule has 13 heteroatoms. The Morgan fingerprint density at radius 2 is 1.74 bits per heavy atom. The monoisotopic (exact) mass is 512 g/mol. The van der Waals surface area contributed by atoms with Crippen LogP contribution in [0.15, 0.2) is 47.3 Å². The van der Waals surface area contributed by atoms with Gasteiger partial charge in [0.05, 0.1) is 34.7 Å². The van der Waals surface area contributed by atoms with E-state index in [9.17, 15) is 27.9 Å². The van der Waals surface area contributed by atoms with Crippen LogP contribution in [0.4, 0.5) is 13.2 Å². The molecule has 1 aromatic heterocycles. The van der Waals surface area contributed by atoms with Gasteiger partial charge in [0.2, 0.25) is 5.76 Å². The Balaban J connectivity index is 2.11. The zero-order valence-corrected chi connectivity index (χ0v) is 19.9. The lowest BCUT2D eigenvalue weighted by molar-refractivity contribution is -0.531. The number of methoxy groups -OCH3 is 1. The quantitative estimate of drug-likeness (QED) is 0.144. The number of halogens is 3. The SMILES string of the molecule is C[NH2+]C(=C(O)C(=N)C(C)=NNC(=O)c1ccc(C(=O)NCCOC)s1)c1ccc(C(F)(F)F)cc1. The minimum atomic E-state index is -4.49. The standard InChI is InChI=1S/C22H24F3N5O4S/c1-12(29-30-21(33)16-9-8-15(35-16)20(32)28-10-11-34-3)17(26)19(31)18(27-2)13-4-6-14(7-5-13)22(23,24)25/h4-9,26-27,31H,10-11H2,1-3H3,(H,28,32)(H,30,33)/p+1. The highest BCUT2D eigenvalue weighted by molar-refractivity contribution is 7.15. The molecule has 0 spiro atoms. The molecule has 0 bridgehead atoms. The number of hydrogen-bond acceptors (Lipinski definition) is 7. The van der Waals surface area contributed by atoms with Crippen molar-refractivity contribution in [2.45, 2.75) is 13.1 Å². The number of nitrogens with zero attached hydrogens (tertiary/aromatic N) is 1. The lowest BCUT2D eigenvalue weighted by Crippen LogP contribution is -2.76. The summed E-state index contributed by atoms with van der Waals surface area (Å²) in [6.07, 6.45) is -4.49. The van der Waals surface area contributed by atoms with Crippen molar-refractivity contribution >= 4 is 40.3 Å². The van der Waals surface area contributed by atoms with Gasteiger partial charge in [-0.3, -0.25) is 15.0 Å². The normalized spacial score (nSPS) is 12.7. The number of amides is 2. The Hall–Kier alpha value is -3.55. The van der Waals surface area contributed by atoms with E-state index in [-0.39, 0.29) is 27.8 Å². The Kier molecular flexibility index (Phi) is 9.68. The third kappa shape index (κ3) is 7.47. The second-order valence-corrected chi connectivity index (χ2v) is 8.14.